The molecule has 0 spiro atoms. The summed E-state index contributed by atoms with van der Waals surface area (Å²) in [5.41, 5.74) is -3.63. The third kappa shape index (κ3) is 6.94. The summed E-state index contributed by atoms with van der Waals surface area (Å²) in [7, 11) is 1.44. The summed E-state index contributed by atoms with van der Waals surface area (Å²) in [4.78, 5) is 24.7. The number of aromatic nitrogens is 1. The molecule has 1 amide bonds. The van der Waals surface area contributed by atoms with Gasteiger partial charge in [0, 0.05) is 42.3 Å². The molecule has 1 aromatic heterocycles. The van der Waals surface area contributed by atoms with E-state index in [1.807, 2.05) is 6.07 Å². The Morgan fingerprint density at radius 2 is 1.49 bits per heavy atom. The fraction of sp³-hybridized carbons (Fsp3) is 0.455. The van der Waals surface area contributed by atoms with Gasteiger partial charge in [-0.15, -0.1) is 0 Å². The van der Waals surface area contributed by atoms with Crippen LogP contribution in [0.3, 0.4) is 0 Å². The van der Waals surface area contributed by atoms with E-state index in [0.29, 0.717) is 39.8 Å². The monoisotopic (exact) mass is 652 g/mol. The van der Waals surface area contributed by atoms with E-state index in [-0.39, 0.29) is 12.1 Å². The van der Waals surface area contributed by atoms with Gasteiger partial charge in [0.2, 0.25) is 5.91 Å². The molecular weight excluding hydrogens is 618 g/mol. The molecule has 242 valence electrons. The fourth-order valence-corrected chi connectivity index (χ4v) is 6.55. The number of halogens is 7. The van der Waals surface area contributed by atoms with Crippen LogP contribution in [-0.2, 0) is 22.6 Å². The van der Waals surface area contributed by atoms with Gasteiger partial charge in [-0.25, -0.2) is 4.98 Å². The molecule has 2 saturated heterocycles. The van der Waals surface area contributed by atoms with Crippen LogP contribution in [0.25, 0.3) is 11.1 Å². The van der Waals surface area contributed by atoms with E-state index in [1.165, 1.54) is 44.8 Å². The minimum atomic E-state index is -5.04. The lowest BCUT2D eigenvalue weighted by Crippen LogP contribution is -2.42. The summed E-state index contributed by atoms with van der Waals surface area (Å²) in [5, 5.41) is 0.416. The van der Waals surface area contributed by atoms with Gasteiger partial charge in [0.1, 0.15) is 5.82 Å². The van der Waals surface area contributed by atoms with E-state index < -0.39 is 40.4 Å². The lowest BCUT2D eigenvalue weighted by molar-refractivity contribution is -0.143. The molecule has 1 atom stereocenters. The molecule has 2 aromatic carbocycles. The van der Waals surface area contributed by atoms with Crippen molar-refractivity contribution in [2.75, 3.05) is 43.0 Å². The summed E-state index contributed by atoms with van der Waals surface area (Å²) in [6.45, 7) is 6.50. The number of nitrogens with zero attached hydrogens (tertiary/aromatic N) is 4. The maximum atomic E-state index is 14.0. The topological polar surface area (TPSA) is 39.7 Å². The molecule has 5 nitrogen and oxygen atoms in total. The van der Waals surface area contributed by atoms with E-state index in [0.717, 1.165) is 39.0 Å². The zero-order chi connectivity index (χ0) is 32.7. The number of amides is 1. The maximum Gasteiger partial charge on any atom is 0.416 e. The Balaban J connectivity index is 1.54. The predicted molar refractivity (Wildman–Crippen MR) is 164 cm³/mol. The number of alkyl halides is 6. The van der Waals surface area contributed by atoms with Crippen molar-refractivity contribution in [2.45, 2.75) is 63.3 Å². The van der Waals surface area contributed by atoms with Gasteiger partial charge in [0.25, 0.3) is 0 Å². The van der Waals surface area contributed by atoms with Crippen molar-refractivity contribution >= 4 is 29.0 Å². The van der Waals surface area contributed by atoms with Gasteiger partial charge < -0.3 is 14.7 Å². The van der Waals surface area contributed by atoms with E-state index in [1.54, 1.807) is 24.3 Å². The number of likely N-dealkylation sites (tertiary alicyclic amines) is 1. The first-order chi connectivity index (χ1) is 21.1. The Morgan fingerprint density at radius 1 is 0.889 bits per heavy atom. The maximum absolute atomic E-state index is 14.0. The van der Waals surface area contributed by atoms with Crippen molar-refractivity contribution in [3.63, 3.8) is 0 Å². The second kappa shape index (κ2) is 12.5. The Kier molecular flexibility index (Phi) is 9.16. The number of anilines is 2. The van der Waals surface area contributed by atoms with Gasteiger partial charge in [-0.2, -0.15) is 26.3 Å². The van der Waals surface area contributed by atoms with Crippen LogP contribution in [-0.4, -0.2) is 55.1 Å². The van der Waals surface area contributed by atoms with Crippen LogP contribution in [0.15, 0.2) is 54.7 Å². The number of rotatable bonds is 7. The summed E-state index contributed by atoms with van der Waals surface area (Å²) in [5.74, 6) is -0.00550. The number of carbonyl (C=O) groups excluding carboxylic acids is 1. The van der Waals surface area contributed by atoms with Gasteiger partial charge in [0.05, 0.1) is 28.4 Å². The summed E-state index contributed by atoms with van der Waals surface area (Å²) < 4.78 is 81.9. The van der Waals surface area contributed by atoms with Crippen molar-refractivity contribution in [1.29, 1.82) is 0 Å². The number of benzene rings is 2. The normalized spacial score (nSPS) is 18.1. The largest absolute Gasteiger partial charge is 0.416 e. The predicted octanol–water partition coefficient (Wildman–Crippen LogP) is 8.44. The van der Waals surface area contributed by atoms with Crippen LogP contribution in [0.1, 0.15) is 56.2 Å². The van der Waals surface area contributed by atoms with Crippen molar-refractivity contribution in [3.8, 4) is 11.1 Å². The molecule has 2 aliphatic heterocycles. The van der Waals surface area contributed by atoms with Crippen LogP contribution < -0.4 is 9.80 Å². The van der Waals surface area contributed by atoms with Crippen molar-refractivity contribution < 1.29 is 31.1 Å². The lowest BCUT2D eigenvalue weighted by atomic mass is 9.81. The highest BCUT2D eigenvalue weighted by Crippen LogP contribution is 2.42. The Hall–Kier alpha value is -3.31. The molecular formula is C33H35ClF6N4O. The van der Waals surface area contributed by atoms with Gasteiger partial charge in [-0.05, 0) is 88.5 Å². The summed E-state index contributed by atoms with van der Waals surface area (Å²) >= 11 is 6.62. The van der Waals surface area contributed by atoms with Crippen LogP contribution >= 0.6 is 11.6 Å². The quantitative estimate of drug-likeness (QED) is 0.240. The average Bonchev–Trinajstić information content (AvgIpc) is 3.68. The Labute approximate surface area is 263 Å². The Bertz CT molecular complexity index is 1520. The molecule has 45 heavy (non-hydrogen) atoms. The van der Waals surface area contributed by atoms with Crippen LogP contribution in [0, 0.1) is 0 Å². The van der Waals surface area contributed by atoms with E-state index in [4.69, 9.17) is 16.6 Å². The summed E-state index contributed by atoms with van der Waals surface area (Å²) in [6, 6.07) is 10.5. The second-order valence-corrected chi connectivity index (χ2v) is 12.7. The molecule has 0 aliphatic carbocycles. The zero-order valence-corrected chi connectivity index (χ0v) is 26.0. The standard InChI is InChI=1S/C33H35ClF6N4O/c1-31(2,21-15-22(32(35,36)37)17-23(16-21)33(38,39)40)30(45)42(3)28-19-41-29(18-26(28)25-10-4-5-11-27(25)34)44-14-8-9-24(44)20-43-12-6-7-13-43/h4-5,10-11,15-19,24H,6-9,12-14,20H2,1-3H3. The van der Waals surface area contributed by atoms with Crippen LogP contribution in [0.5, 0.6) is 0 Å². The van der Waals surface area contributed by atoms with Gasteiger partial charge >= 0.3 is 12.4 Å². The lowest BCUT2D eigenvalue weighted by Gasteiger charge is -2.33. The van der Waals surface area contributed by atoms with Crippen molar-refractivity contribution in [3.05, 3.63) is 76.4 Å². The molecule has 0 N–H and O–H groups in total. The van der Waals surface area contributed by atoms with Crippen LogP contribution in [0.2, 0.25) is 5.02 Å². The third-order valence-corrected chi connectivity index (χ3v) is 9.21. The molecule has 2 fully saturated rings. The average molecular weight is 653 g/mol. The summed E-state index contributed by atoms with van der Waals surface area (Å²) in [6.07, 6.45) is -4.16. The molecule has 5 rings (SSSR count). The van der Waals surface area contributed by atoms with E-state index in [2.05, 4.69) is 9.80 Å². The van der Waals surface area contributed by atoms with Gasteiger partial charge in [0.15, 0.2) is 0 Å². The number of likely N-dealkylation sites (N-methyl/N-ethyl adjacent to an activating group) is 1. The highest BCUT2D eigenvalue weighted by Gasteiger charge is 2.41. The first-order valence-electron chi connectivity index (χ1n) is 14.9. The minimum Gasteiger partial charge on any atom is -0.352 e. The number of hydrogen-bond acceptors (Lipinski definition) is 4. The third-order valence-electron chi connectivity index (χ3n) is 8.88. The molecule has 0 bridgehead atoms. The first kappa shape index (κ1) is 33.1. The SMILES string of the molecule is CN(C(=O)C(C)(C)c1cc(C(F)(F)F)cc(C(F)(F)F)c1)c1cnc(N2CCCC2CN2CCCC2)cc1-c1ccccc1Cl. The van der Waals surface area contributed by atoms with Gasteiger partial charge in [-0.3, -0.25) is 4.79 Å². The number of pyridine rings is 1. The van der Waals surface area contributed by atoms with Crippen molar-refractivity contribution in [1.82, 2.24) is 9.88 Å². The molecule has 0 radical (unpaired) electrons. The van der Waals surface area contributed by atoms with E-state index in [9.17, 15) is 31.1 Å². The number of hydrogen-bond donors (Lipinski definition) is 0. The van der Waals surface area contributed by atoms with Gasteiger partial charge in [-0.1, -0.05) is 29.8 Å². The smallest absolute Gasteiger partial charge is 0.352 e. The molecule has 0 saturated carbocycles. The highest BCUT2D eigenvalue weighted by atomic mass is 35.5. The molecule has 3 heterocycles. The van der Waals surface area contributed by atoms with Crippen molar-refractivity contribution in [2.24, 2.45) is 0 Å². The zero-order valence-electron chi connectivity index (χ0n) is 25.3. The minimum absolute atomic E-state index is 0.0568. The molecule has 3 aromatic rings. The second-order valence-electron chi connectivity index (χ2n) is 12.3. The first-order valence-corrected chi connectivity index (χ1v) is 15.3. The Morgan fingerprint density at radius 3 is 2.09 bits per heavy atom. The molecule has 2 aliphatic rings. The molecule has 12 heteroatoms. The van der Waals surface area contributed by atoms with E-state index >= 15 is 0 Å². The molecule has 1 unspecified atom stereocenters. The van der Waals surface area contributed by atoms with Crippen LogP contribution in [0.4, 0.5) is 37.8 Å². The number of carbonyl (C=O) groups is 1. The highest BCUT2D eigenvalue weighted by molar-refractivity contribution is 6.33. The fourth-order valence-electron chi connectivity index (χ4n) is 6.32.